The molecule has 0 spiro atoms. The van der Waals surface area contributed by atoms with Gasteiger partial charge in [-0.05, 0) is 75.1 Å². The van der Waals surface area contributed by atoms with E-state index in [4.69, 9.17) is 21.1 Å². The maximum atomic E-state index is 16.2. The number of hydrogen-bond donors (Lipinski definition) is 1. The van der Waals surface area contributed by atoms with E-state index in [-0.39, 0.29) is 24.3 Å². The number of hydrogen-bond acceptors (Lipinski definition) is 5. The molecule has 6 nitrogen and oxygen atoms in total. The van der Waals surface area contributed by atoms with Crippen molar-refractivity contribution in [3.05, 3.63) is 99.1 Å². The van der Waals surface area contributed by atoms with E-state index < -0.39 is 28.7 Å². The molecule has 1 atom stereocenters. The molecule has 3 aromatic rings. The molecule has 194 valence electrons. The Labute approximate surface area is 221 Å². The summed E-state index contributed by atoms with van der Waals surface area (Å²) in [6.07, 6.45) is 3.34. The van der Waals surface area contributed by atoms with Crippen molar-refractivity contribution in [3.63, 3.8) is 0 Å². The molecule has 8 heteroatoms. The van der Waals surface area contributed by atoms with Crippen LogP contribution in [0.5, 0.6) is 0 Å². The lowest BCUT2D eigenvalue weighted by atomic mass is 9.88. The fourth-order valence-corrected chi connectivity index (χ4v) is 4.95. The number of aryl methyl sites for hydroxylation is 1. The second-order valence-electron chi connectivity index (χ2n) is 10.5. The highest BCUT2D eigenvalue weighted by molar-refractivity contribution is 6.30. The predicted octanol–water partition coefficient (Wildman–Crippen LogP) is 5.46. The van der Waals surface area contributed by atoms with Crippen LogP contribution in [0.3, 0.4) is 0 Å². The second-order valence-corrected chi connectivity index (χ2v) is 10.9. The summed E-state index contributed by atoms with van der Waals surface area (Å²) < 4.78 is 28.5. The quantitative estimate of drug-likeness (QED) is 0.423. The standard InChI is InChI=1S/C29H30ClFN2O4/c1-18-5-10-22(32-15-18)16-33-26(34)23-13-20(27(2,3)35)14-24(31)25(23)29(33,19-6-8-21(30)9-7-19)37-17-28(36-4)11-12-28/h5-10,13-15,35H,11-12,16-17H2,1-4H3/t29-/m1/s1. The lowest BCUT2D eigenvalue weighted by Crippen LogP contribution is -2.48. The minimum Gasteiger partial charge on any atom is -0.386 e. The Hall–Kier alpha value is -2.84. The number of halogens is 2. The Balaban J connectivity index is 1.74. The first kappa shape index (κ1) is 25.8. The van der Waals surface area contributed by atoms with Gasteiger partial charge in [-0.1, -0.05) is 29.8 Å². The molecule has 0 unspecified atom stereocenters. The molecule has 5 rings (SSSR count). The number of carbonyl (C=O) groups excluding carboxylic acids is 1. The topological polar surface area (TPSA) is 71.9 Å². The van der Waals surface area contributed by atoms with Crippen molar-refractivity contribution in [3.8, 4) is 0 Å². The molecule has 2 aliphatic rings. The van der Waals surface area contributed by atoms with Crippen LogP contribution in [0.15, 0.2) is 54.7 Å². The first-order valence-corrected chi connectivity index (χ1v) is 12.6. The Morgan fingerprint density at radius 2 is 1.86 bits per heavy atom. The Morgan fingerprint density at radius 1 is 1.16 bits per heavy atom. The van der Waals surface area contributed by atoms with E-state index in [0.717, 1.165) is 18.4 Å². The number of pyridine rings is 1. The van der Waals surface area contributed by atoms with E-state index in [0.29, 0.717) is 21.8 Å². The van der Waals surface area contributed by atoms with Crippen LogP contribution in [0.25, 0.3) is 0 Å². The zero-order valence-corrected chi connectivity index (χ0v) is 22.1. The number of aliphatic hydroxyl groups is 1. The number of ether oxygens (including phenoxy) is 2. The largest absolute Gasteiger partial charge is 0.386 e. The van der Waals surface area contributed by atoms with Crippen molar-refractivity contribution >= 4 is 17.5 Å². The zero-order valence-electron chi connectivity index (χ0n) is 21.3. The highest BCUT2D eigenvalue weighted by atomic mass is 35.5. The van der Waals surface area contributed by atoms with Crippen LogP contribution in [-0.2, 0) is 27.3 Å². The normalized spacial score (nSPS) is 20.3. The lowest BCUT2D eigenvalue weighted by molar-refractivity contribution is -0.144. The Bertz CT molecular complexity index is 1330. The van der Waals surface area contributed by atoms with E-state index in [9.17, 15) is 9.90 Å². The van der Waals surface area contributed by atoms with Crippen LogP contribution in [0.1, 0.15) is 65.0 Å². The van der Waals surface area contributed by atoms with Gasteiger partial charge in [0, 0.05) is 23.9 Å². The van der Waals surface area contributed by atoms with Crippen molar-refractivity contribution in [1.29, 1.82) is 0 Å². The summed E-state index contributed by atoms with van der Waals surface area (Å²) in [6.45, 7) is 5.28. The van der Waals surface area contributed by atoms with Gasteiger partial charge in [0.25, 0.3) is 5.91 Å². The number of methoxy groups -OCH3 is 1. The molecular formula is C29H30ClFN2O4. The monoisotopic (exact) mass is 524 g/mol. The van der Waals surface area contributed by atoms with Gasteiger partial charge in [0.1, 0.15) is 5.82 Å². The van der Waals surface area contributed by atoms with Crippen molar-refractivity contribution in [2.75, 3.05) is 13.7 Å². The van der Waals surface area contributed by atoms with E-state index in [1.54, 1.807) is 57.5 Å². The Morgan fingerprint density at radius 3 is 2.43 bits per heavy atom. The number of fused-ring (bicyclic) bond motifs is 1. The fourth-order valence-electron chi connectivity index (χ4n) is 4.83. The first-order valence-electron chi connectivity index (χ1n) is 12.2. The predicted molar refractivity (Wildman–Crippen MR) is 138 cm³/mol. The van der Waals surface area contributed by atoms with Gasteiger partial charge in [-0.3, -0.25) is 14.7 Å². The van der Waals surface area contributed by atoms with Gasteiger partial charge in [-0.2, -0.15) is 0 Å². The third-order valence-electron chi connectivity index (χ3n) is 7.30. The van der Waals surface area contributed by atoms with Gasteiger partial charge in [0.15, 0.2) is 5.72 Å². The fraction of sp³-hybridized carbons (Fsp3) is 0.379. The number of rotatable bonds is 8. The van der Waals surface area contributed by atoms with Crippen LogP contribution in [0, 0.1) is 12.7 Å². The number of amides is 1. The summed E-state index contributed by atoms with van der Waals surface area (Å²) in [5.41, 5.74) is -0.719. The minimum absolute atomic E-state index is 0.0771. The summed E-state index contributed by atoms with van der Waals surface area (Å²) in [6, 6.07) is 13.5. The number of nitrogens with zero attached hydrogens (tertiary/aromatic N) is 2. The van der Waals surface area contributed by atoms with Gasteiger partial charge in [-0.25, -0.2) is 4.39 Å². The Kier molecular flexibility index (Phi) is 6.39. The van der Waals surface area contributed by atoms with Gasteiger partial charge in [0.05, 0.1) is 41.2 Å². The summed E-state index contributed by atoms with van der Waals surface area (Å²) >= 11 is 6.20. The number of aromatic nitrogens is 1. The summed E-state index contributed by atoms with van der Waals surface area (Å²) in [7, 11) is 1.63. The molecule has 37 heavy (non-hydrogen) atoms. The van der Waals surface area contributed by atoms with Gasteiger partial charge in [-0.15, -0.1) is 0 Å². The molecule has 1 N–H and O–H groups in total. The van der Waals surface area contributed by atoms with Gasteiger partial charge in [0.2, 0.25) is 0 Å². The molecule has 1 aliphatic carbocycles. The molecule has 2 aromatic carbocycles. The van der Waals surface area contributed by atoms with E-state index >= 15 is 4.39 Å². The van der Waals surface area contributed by atoms with Crippen molar-refractivity contribution in [2.45, 2.75) is 57.1 Å². The number of carbonyl (C=O) groups is 1. The molecule has 1 fully saturated rings. The smallest absolute Gasteiger partial charge is 0.257 e. The maximum Gasteiger partial charge on any atom is 0.257 e. The molecular weight excluding hydrogens is 495 g/mol. The van der Waals surface area contributed by atoms with Gasteiger partial charge < -0.3 is 14.6 Å². The third kappa shape index (κ3) is 4.55. The molecule has 0 saturated heterocycles. The maximum absolute atomic E-state index is 16.2. The van der Waals surface area contributed by atoms with E-state index in [2.05, 4.69) is 4.98 Å². The van der Waals surface area contributed by atoms with Crippen molar-refractivity contribution in [1.82, 2.24) is 9.88 Å². The average Bonchev–Trinajstić information content (AvgIpc) is 3.60. The van der Waals surface area contributed by atoms with E-state index in [1.807, 2.05) is 19.1 Å². The van der Waals surface area contributed by atoms with Crippen LogP contribution in [0.4, 0.5) is 4.39 Å². The molecule has 1 saturated carbocycles. The summed E-state index contributed by atoms with van der Waals surface area (Å²) in [4.78, 5) is 20.1. The lowest BCUT2D eigenvalue weighted by Gasteiger charge is -2.40. The zero-order chi connectivity index (χ0) is 26.6. The highest BCUT2D eigenvalue weighted by Gasteiger charge is 2.56. The van der Waals surface area contributed by atoms with Crippen LogP contribution in [0.2, 0.25) is 5.02 Å². The molecule has 2 heterocycles. The summed E-state index contributed by atoms with van der Waals surface area (Å²) in [5.74, 6) is -1.06. The van der Waals surface area contributed by atoms with Crippen molar-refractivity contribution < 1.29 is 23.8 Å². The average molecular weight is 525 g/mol. The molecule has 1 aliphatic heterocycles. The first-order chi connectivity index (χ1) is 17.5. The van der Waals surface area contributed by atoms with Crippen LogP contribution >= 0.6 is 11.6 Å². The molecule has 1 aromatic heterocycles. The number of benzene rings is 2. The molecule has 0 bridgehead atoms. The molecule has 1 amide bonds. The van der Waals surface area contributed by atoms with Crippen LogP contribution in [-0.4, -0.2) is 40.2 Å². The molecule has 0 radical (unpaired) electrons. The third-order valence-corrected chi connectivity index (χ3v) is 7.56. The second kappa shape index (κ2) is 9.17. The van der Waals surface area contributed by atoms with Gasteiger partial charge >= 0.3 is 0 Å². The minimum atomic E-state index is -1.60. The van der Waals surface area contributed by atoms with Crippen molar-refractivity contribution in [2.24, 2.45) is 0 Å². The summed E-state index contributed by atoms with van der Waals surface area (Å²) in [5, 5.41) is 11.1. The SMILES string of the molecule is COC1(CO[C@]2(c3ccc(Cl)cc3)c3c(F)cc(C(C)(C)O)cc3C(=O)N2Cc2ccc(C)cn2)CC1. The highest BCUT2D eigenvalue weighted by Crippen LogP contribution is 2.50. The van der Waals surface area contributed by atoms with E-state index in [1.165, 1.54) is 11.0 Å². The van der Waals surface area contributed by atoms with Crippen LogP contribution < -0.4 is 0 Å².